The standard InChI is InChI=1S/C18H16N2O/c19-18(13-5-6-17-12(11-13)8-10-21-17)15-7-9-20-16-4-2-1-3-14(15)16/h1-7,9,11,18H,8,10,19H2. The van der Waals surface area contributed by atoms with Crippen LogP contribution in [0.2, 0.25) is 0 Å². The molecule has 0 fully saturated rings. The lowest BCUT2D eigenvalue weighted by Gasteiger charge is -2.15. The first-order valence-corrected chi connectivity index (χ1v) is 7.18. The Morgan fingerprint density at radius 1 is 1.10 bits per heavy atom. The van der Waals surface area contributed by atoms with Crippen molar-refractivity contribution in [2.45, 2.75) is 12.5 Å². The topological polar surface area (TPSA) is 48.1 Å². The van der Waals surface area contributed by atoms with Gasteiger partial charge in [0.05, 0.1) is 18.2 Å². The summed E-state index contributed by atoms with van der Waals surface area (Å²) in [4.78, 5) is 4.40. The molecule has 21 heavy (non-hydrogen) atoms. The highest BCUT2D eigenvalue weighted by Gasteiger charge is 2.17. The Labute approximate surface area is 123 Å². The zero-order chi connectivity index (χ0) is 14.2. The smallest absolute Gasteiger partial charge is 0.122 e. The Balaban J connectivity index is 1.81. The van der Waals surface area contributed by atoms with E-state index in [9.17, 15) is 0 Å². The molecule has 0 saturated heterocycles. The van der Waals surface area contributed by atoms with Gasteiger partial charge < -0.3 is 10.5 Å². The molecular weight excluding hydrogens is 260 g/mol. The summed E-state index contributed by atoms with van der Waals surface area (Å²) in [6.07, 6.45) is 2.79. The minimum Gasteiger partial charge on any atom is -0.493 e. The average Bonchev–Trinajstić information content (AvgIpc) is 3.01. The third-order valence-electron chi connectivity index (χ3n) is 4.09. The maximum atomic E-state index is 6.51. The molecule has 0 saturated carbocycles. The first-order valence-electron chi connectivity index (χ1n) is 7.18. The Hall–Kier alpha value is -2.39. The average molecular weight is 276 g/mol. The van der Waals surface area contributed by atoms with Gasteiger partial charge in [-0.25, -0.2) is 0 Å². The molecule has 0 spiro atoms. The number of pyridine rings is 1. The number of nitrogens with two attached hydrogens (primary N) is 1. The van der Waals surface area contributed by atoms with Crippen LogP contribution in [0.15, 0.2) is 54.7 Å². The molecule has 3 nitrogen and oxygen atoms in total. The number of benzene rings is 2. The fraction of sp³-hybridized carbons (Fsp3) is 0.167. The van der Waals surface area contributed by atoms with Crippen LogP contribution in [0.1, 0.15) is 22.7 Å². The number of hydrogen-bond acceptors (Lipinski definition) is 3. The lowest BCUT2D eigenvalue weighted by Crippen LogP contribution is -2.12. The van der Waals surface area contributed by atoms with Crippen molar-refractivity contribution in [2.24, 2.45) is 5.73 Å². The van der Waals surface area contributed by atoms with Crippen LogP contribution in [-0.2, 0) is 6.42 Å². The monoisotopic (exact) mass is 276 g/mol. The largest absolute Gasteiger partial charge is 0.493 e. The first kappa shape index (κ1) is 12.4. The van der Waals surface area contributed by atoms with E-state index in [0.29, 0.717) is 0 Å². The molecule has 1 aliphatic rings. The SMILES string of the molecule is NC(c1ccc2c(c1)CCO2)c1ccnc2ccccc12. The van der Waals surface area contributed by atoms with Crippen molar-refractivity contribution in [3.05, 3.63) is 71.4 Å². The van der Waals surface area contributed by atoms with E-state index >= 15 is 0 Å². The quantitative estimate of drug-likeness (QED) is 0.781. The molecule has 3 aromatic rings. The minimum absolute atomic E-state index is 0.149. The summed E-state index contributed by atoms with van der Waals surface area (Å²) >= 11 is 0. The van der Waals surface area contributed by atoms with Gasteiger partial charge in [-0.3, -0.25) is 4.98 Å². The molecule has 0 radical (unpaired) electrons. The number of hydrogen-bond donors (Lipinski definition) is 1. The zero-order valence-electron chi connectivity index (χ0n) is 11.6. The number of rotatable bonds is 2. The summed E-state index contributed by atoms with van der Waals surface area (Å²) in [7, 11) is 0. The molecule has 3 heteroatoms. The maximum Gasteiger partial charge on any atom is 0.122 e. The Bertz CT molecular complexity index is 808. The summed E-state index contributed by atoms with van der Waals surface area (Å²) in [5.74, 6) is 0.991. The van der Waals surface area contributed by atoms with E-state index in [1.165, 1.54) is 5.56 Å². The summed E-state index contributed by atoms with van der Waals surface area (Å²) < 4.78 is 5.56. The second kappa shape index (κ2) is 4.86. The highest BCUT2D eigenvalue weighted by molar-refractivity contribution is 5.82. The second-order valence-electron chi connectivity index (χ2n) is 5.36. The molecule has 1 aromatic heterocycles. The fourth-order valence-electron chi connectivity index (χ4n) is 2.97. The van der Waals surface area contributed by atoms with Gasteiger partial charge in [0.1, 0.15) is 5.75 Å². The first-order chi connectivity index (χ1) is 10.3. The third kappa shape index (κ3) is 2.06. The van der Waals surface area contributed by atoms with Gasteiger partial charge in [0.15, 0.2) is 0 Å². The van der Waals surface area contributed by atoms with E-state index in [1.54, 1.807) is 0 Å². The molecular formula is C18H16N2O. The predicted octanol–water partition coefficient (Wildman–Crippen LogP) is 3.22. The minimum atomic E-state index is -0.149. The van der Waals surface area contributed by atoms with Gasteiger partial charge in [0.2, 0.25) is 0 Å². The van der Waals surface area contributed by atoms with Gasteiger partial charge in [-0.05, 0) is 34.9 Å². The summed E-state index contributed by atoms with van der Waals surface area (Å²) in [6.45, 7) is 0.770. The highest BCUT2D eigenvalue weighted by Crippen LogP contribution is 2.31. The Morgan fingerprint density at radius 2 is 2.00 bits per heavy atom. The molecule has 2 N–H and O–H groups in total. The van der Waals surface area contributed by atoms with Crippen molar-refractivity contribution in [3.8, 4) is 5.75 Å². The maximum absolute atomic E-state index is 6.51. The van der Waals surface area contributed by atoms with Gasteiger partial charge in [0, 0.05) is 18.0 Å². The van der Waals surface area contributed by atoms with Crippen LogP contribution in [0.25, 0.3) is 10.9 Å². The van der Waals surface area contributed by atoms with Crippen LogP contribution >= 0.6 is 0 Å². The van der Waals surface area contributed by atoms with Gasteiger partial charge in [0.25, 0.3) is 0 Å². The predicted molar refractivity (Wildman–Crippen MR) is 83.4 cm³/mol. The highest BCUT2D eigenvalue weighted by atomic mass is 16.5. The Kier molecular flexibility index (Phi) is 2.86. The van der Waals surface area contributed by atoms with Crippen LogP contribution in [0.3, 0.4) is 0 Å². The van der Waals surface area contributed by atoms with Crippen molar-refractivity contribution in [2.75, 3.05) is 6.61 Å². The second-order valence-corrected chi connectivity index (χ2v) is 5.36. The van der Waals surface area contributed by atoms with Crippen molar-refractivity contribution in [1.29, 1.82) is 0 Å². The number of nitrogens with zero attached hydrogens (tertiary/aromatic N) is 1. The van der Waals surface area contributed by atoms with Crippen molar-refractivity contribution >= 4 is 10.9 Å². The summed E-state index contributed by atoms with van der Waals surface area (Å²) in [5.41, 5.74) is 11.0. The van der Waals surface area contributed by atoms with E-state index in [4.69, 9.17) is 10.5 Å². The van der Waals surface area contributed by atoms with E-state index in [2.05, 4.69) is 23.2 Å². The van der Waals surface area contributed by atoms with Crippen molar-refractivity contribution in [3.63, 3.8) is 0 Å². The lowest BCUT2D eigenvalue weighted by molar-refractivity contribution is 0.357. The van der Waals surface area contributed by atoms with Gasteiger partial charge >= 0.3 is 0 Å². The van der Waals surface area contributed by atoms with E-state index in [1.807, 2.05) is 36.5 Å². The van der Waals surface area contributed by atoms with Crippen molar-refractivity contribution in [1.82, 2.24) is 4.98 Å². The Morgan fingerprint density at radius 3 is 2.95 bits per heavy atom. The molecule has 1 atom stereocenters. The normalized spacial score (nSPS) is 14.7. The lowest BCUT2D eigenvalue weighted by atomic mass is 9.95. The van der Waals surface area contributed by atoms with Gasteiger partial charge in [-0.15, -0.1) is 0 Å². The number of para-hydroxylation sites is 1. The number of aromatic nitrogens is 1. The van der Waals surface area contributed by atoms with E-state index < -0.39 is 0 Å². The number of ether oxygens (including phenoxy) is 1. The van der Waals surface area contributed by atoms with Gasteiger partial charge in [-0.1, -0.05) is 30.3 Å². The molecule has 104 valence electrons. The van der Waals surface area contributed by atoms with Crippen molar-refractivity contribution < 1.29 is 4.74 Å². The molecule has 2 aromatic carbocycles. The fourth-order valence-corrected chi connectivity index (χ4v) is 2.97. The van der Waals surface area contributed by atoms with E-state index in [0.717, 1.165) is 40.8 Å². The summed E-state index contributed by atoms with van der Waals surface area (Å²) in [5, 5.41) is 1.12. The molecule has 4 rings (SSSR count). The van der Waals surface area contributed by atoms with Crippen LogP contribution in [0.4, 0.5) is 0 Å². The molecule has 0 amide bonds. The van der Waals surface area contributed by atoms with E-state index in [-0.39, 0.29) is 6.04 Å². The molecule has 0 bridgehead atoms. The molecule has 1 unspecified atom stereocenters. The third-order valence-corrected chi connectivity index (χ3v) is 4.09. The van der Waals surface area contributed by atoms with Crippen LogP contribution in [0, 0.1) is 0 Å². The molecule has 1 aliphatic heterocycles. The number of fused-ring (bicyclic) bond motifs is 2. The van der Waals surface area contributed by atoms with Gasteiger partial charge in [-0.2, -0.15) is 0 Å². The molecule has 2 heterocycles. The van der Waals surface area contributed by atoms with Crippen LogP contribution in [-0.4, -0.2) is 11.6 Å². The molecule has 0 aliphatic carbocycles. The zero-order valence-corrected chi connectivity index (χ0v) is 11.6. The summed E-state index contributed by atoms with van der Waals surface area (Å²) in [6, 6.07) is 16.2. The van der Waals surface area contributed by atoms with Crippen LogP contribution in [0.5, 0.6) is 5.75 Å². The van der Waals surface area contributed by atoms with Crippen LogP contribution < -0.4 is 10.5 Å².